The molecule has 0 aliphatic carbocycles. The average Bonchev–Trinajstić information content (AvgIpc) is 2.38. The van der Waals surface area contributed by atoms with Crippen LogP contribution in [0, 0.1) is 5.92 Å². The topological polar surface area (TPSA) is 26.8 Å². The lowest BCUT2D eigenvalue weighted by molar-refractivity contribution is 0.104. The van der Waals surface area contributed by atoms with Crippen molar-refractivity contribution >= 4 is 6.03 Å². The first-order valence-electron chi connectivity index (χ1n) is 7.28. The third-order valence-electron chi connectivity index (χ3n) is 4.50. The van der Waals surface area contributed by atoms with Gasteiger partial charge in [-0.25, -0.2) is 4.79 Å². The Bertz CT molecular complexity index is 287. The number of likely N-dealkylation sites (tertiary alicyclic amines) is 2. The van der Waals surface area contributed by atoms with Crippen LogP contribution in [0.2, 0.25) is 0 Å². The molecule has 2 aliphatic heterocycles. The first-order chi connectivity index (χ1) is 8.58. The molecule has 0 radical (unpaired) electrons. The van der Waals surface area contributed by atoms with Crippen LogP contribution in [0.4, 0.5) is 4.79 Å². The molecule has 2 heterocycles. The van der Waals surface area contributed by atoms with Crippen LogP contribution in [0.15, 0.2) is 0 Å². The number of piperidine rings is 2. The van der Waals surface area contributed by atoms with Crippen LogP contribution >= 0.6 is 0 Å². The van der Waals surface area contributed by atoms with Gasteiger partial charge in [-0.3, -0.25) is 0 Å². The molecule has 0 spiro atoms. The Morgan fingerprint density at radius 2 is 1.83 bits per heavy atom. The smallest absolute Gasteiger partial charge is 0.320 e. The summed E-state index contributed by atoms with van der Waals surface area (Å²) >= 11 is 0. The van der Waals surface area contributed by atoms with Gasteiger partial charge in [0.05, 0.1) is 0 Å². The first-order valence-corrected chi connectivity index (χ1v) is 7.28. The second-order valence-electron chi connectivity index (χ2n) is 6.12. The predicted molar refractivity (Wildman–Crippen MR) is 73.6 cm³/mol. The maximum absolute atomic E-state index is 12.4. The number of rotatable bonds is 1. The number of carbonyl (C=O) groups excluding carboxylic acids is 1. The highest BCUT2D eigenvalue weighted by Gasteiger charge is 2.29. The average molecular weight is 253 g/mol. The minimum Gasteiger partial charge on any atom is -0.325 e. The molecule has 4 heteroatoms. The van der Waals surface area contributed by atoms with Crippen LogP contribution < -0.4 is 0 Å². The third kappa shape index (κ3) is 3.16. The Morgan fingerprint density at radius 1 is 1.17 bits per heavy atom. The van der Waals surface area contributed by atoms with Gasteiger partial charge in [0.15, 0.2) is 0 Å². The Balaban J connectivity index is 1.87. The fraction of sp³-hybridized carbons (Fsp3) is 0.929. The van der Waals surface area contributed by atoms with Gasteiger partial charge in [-0.1, -0.05) is 6.92 Å². The Hall–Kier alpha value is -0.770. The summed E-state index contributed by atoms with van der Waals surface area (Å²) in [6.45, 7) is 6.34. The highest BCUT2D eigenvalue weighted by Crippen LogP contribution is 2.19. The van der Waals surface area contributed by atoms with Gasteiger partial charge in [0.1, 0.15) is 0 Å². The van der Waals surface area contributed by atoms with Gasteiger partial charge in [0.25, 0.3) is 0 Å². The Kier molecular flexibility index (Phi) is 4.49. The van der Waals surface area contributed by atoms with Crippen molar-refractivity contribution in [1.82, 2.24) is 14.7 Å². The Morgan fingerprint density at radius 3 is 2.44 bits per heavy atom. The van der Waals surface area contributed by atoms with E-state index < -0.39 is 0 Å². The lowest BCUT2D eigenvalue weighted by Gasteiger charge is -2.40. The van der Waals surface area contributed by atoms with Crippen molar-refractivity contribution in [2.75, 3.05) is 40.3 Å². The van der Waals surface area contributed by atoms with Gasteiger partial charge in [-0.05, 0) is 45.2 Å². The number of carbonyl (C=O) groups is 1. The molecule has 4 nitrogen and oxygen atoms in total. The van der Waals surface area contributed by atoms with Crippen molar-refractivity contribution in [1.29, 1.82) is 0 Å². The van der Waals surface area contributed by atoms with E-state index in [0.29, 0.717) is 6.04 Å². The molecule has 0 N–H and O–H groups in total. The molecule has 1 atom stereocenters. The summed E-state index contributed by atoms with van der Waals surface area (Å²) in [5, 5.41) is 0. The summed E-state index contributed by atoms with van der Waals surface area (Å²) in [5.41, 5.74) is 0. The van der Waals surface area contributed by atoms with E-state index in [4.69, 9.17) is 0 Å². The van der Waals surface area contributed by atoms with Crippen molar-refractivity contribution in [2.24, 2.45) is 5.92 Å². The van der Waals surface area contributed by atoms with Crippen LogP contribution in [0.1, 0.15) is 32.6 Å². The molecule has 0 aromatic rings. The van der Waals surface area contributed by atoms with Gasteiger partial charge >= 0.3 is 6.03 Å². The van der Waals surface area contributed by atoms with Crippen molar-refractivity contribution in [3.05, 3.63) is 0 Å². The minimum absolute atomic E-state index is 0.238. The number of amides is 2. The fourth-order valence-electron chi connectivity index (χ4n) is 3.03. The van der Waals surface area contributed by atoms with Crippen LogP contribution in [0.3, 0.4) is 0 Å². The Labute approximate surface area is 111 Å². The van der Waals surface area contributed by atoms with Crippen molar-refractivity contribution in [3.8, 4) is 0 Å². The molecule has 1 unspecified atom stereocenters. The molecular formula is C14H27N3O. The number of urea groups is 1. The maximum atomic E-state index is 12.4. The van der Waals surface area contributed by atoms with E-state index in [1.807, 2.05) is 16.8 Å². The number of nitrogens with zero attached hydrogens (tertiary/aromatic N) is 3. The molecule has 104 valence electrons. The summed E-state index contributed by atoms with van der Waals surface area (Å²) in [6, 6.07) is 0.637. The van der Waals surface area contributed by atoms with Crippen molar-refractivity contribution < 1.29 is 4.79 Å². The summed E-state index contributed by atoms with van der Waals surface area (Å²) in [5.74, 6) is 0.778. The van der Waals surface area contributed by atoms with E-state index in [1.54, 1.807) is 0 Å². The van der Waals surface area contributed by atoms with E-state index in [0.717, 1.165) is 44.8 Å². The van der Waals surface area contributed by atoms with Gasteiger partial charge < -0.3 is 14.7 Å². The maximum Gasteiger partial charge on any atom is 0.320 e. The molecule has 0 aromatic heterocycles. The summed E-state index contributed by atoms with van der Waals surface area (Å²) in [6.07, 6.45) is 4.67. The van der Waals surface area contributed by atoms with E-state index in [1.165, 1.54) is 13.0 Å². The van der Waals surface area contributed by atoms with E-state index >= 15 is 0 Å². The van der Waals surface area contributed by atoms with Gasteiger partial charge in [0, 0.05) is 32.7 Å². The first kappa shape index (κ1) is 13.7. The molecular weight excluding hydrogens is 226 g/mol. The molecule has 0 bridgehead atoms. The molecule has 2 fully saturated rings. The lowest BCUT2D eigenvalue weighted by atomic mass is 9.99. The normalized spacial score (nSPS) is 27.3. The molecule has 2 aliphatic rings. The summed E-state index contributed by atoms with van der Waals surface area (Å²) < 4.78 is 0. The van der Waals surface area contributed by atoms with E-state index in [-0.39, 0.29) is 6.03 Å². The quantitative estimate of drug-likeness (QED) is 0.713. The zero-order valence-electron chi connectivity index (χ0n) is 12.1. The molecule has 2 rings (SSSR count). The highest BCUT2D eigenvalue weighted by atomic mass is 16.2. The van der Waals surface area contributed by atoms with Crippen LogP contribution in [-0.4, -0.2) is 67.0 Å². The monoisotopic (exact) mass is 253 g/mol. The van der Waals surface area contributed by atoms with Crippen molar-refractivity contribution in [3.63, 3.8) is 0 Å². The molecule has 2 amide bonds. The second kappa shape index (κ2) is 5.91. The molecule has 0 aromatic carbocycles. The number of hydrogen-bond acceptors (Lipinski definition) is 2. The van der Waals surface area contributed by atoms with Crippen molar-refractivity contribution in [2.45, 2.75) is 38.6 Å². The van der Waals surface area contributed by atoms with Gasteiger partial charge in [-0.2, -0.15) is 0 Å². The highest BCUT2D eigenvalue weighted by molar-refractivity contribution is 5.74. The third-order valence-corrected chi connectivity index (χ3v) is 4.50. The lowest BCUT2D eigenvalue weighted by Crippen LogP contribution is -2.52. The van der Waals surface area contributed by atoms with Gasteiger partial charge in [-0.15, -0.1) is 0 Å². The van der Waals surface area contributed by atoms with Crippen LogP contribution in [-0.2, 0) is 0 Å². The summed E-state index contributed by atoms with van der Waals surface area (Å²) in [4.78, 5) is 18.8. The predicted octanol–water partition coefficient (Wildman–Crippen LogP) is 1.86. The van der Waals surface area contributed by atoms with E-state index in [9.17, 15) is 4.79 Å². The number of likely N-dealkylation sites (N-methyl/N-ethyl adjacent to an activating group) is 2. The van der Waals surface area contributed by atoms with Crippen LogP contribution in [0.25, 0.3) is 0 Å². The van der Waals surface area contributed by atoms with Gasteiger partial charge in [0.2, 0.25) is 0 Å². The zero-order valence-corrected chi connectivity index (χ0v) is 12.1. The molecule has 2 saturated heterocycles. The largest absolute Gasteiger partial charge is 0.325 e. The number of hydrogen-bond donors (Lipinski definition) is 0. The summed E-state index contributed by atoms with van der Waals surface area (Å²) in [7, 11) is 4.12. The van der Waals surface area contributed by atoms with Crippen LogP contribution in [0.5, 0.6) is 0 Å². The standard InChI is InChI=1S/C14H27N3O/c1-12-6-9-17(10-7-12)14(18)16(3)13-5-4-8-15(2)11-13/h12-13H,4-11H2,1-3H3. The minimum atomic E-state index is 0.238. The SMILES string of the molecule is CC1CCN(C(=O)N(C)C2CCCN(C)C2)CC1. The fourth-order valence-corrected chi connectivity index (χ4v) is 3.03. The molecule has 0 saturated carbocycles. The molecule has 18 heavy (non-hydrogen) atoms. The van der Waals surface area contributed by atoms with E-state index in [2.05, 4.69) is 18.9 Å². The zero-order chi connectivity index (χ0) is 13.1. The second-order valence-corrected chi connectivity index (χ2v) is 6.12.